The molecule has 0 fully saturated rings. The average molecular weight is 416 g/mol. The Morgan fingerprint density at radius 3 is 2.33 bits per heavy atom. The highest BCUT2D eigenvalue weighted by Gasteiger charge is 2.27. The lowest BCUT2D eigenvalue weighted by atomic mass is 10.0. The largest absolute Gasteiger partial charge is 0.493 e. The number of nitrogens with zero attached hydrogens (tertiary/aromatic N) is 1. The van der Waals surface area contributed by atoms with E-state index in [1.807, 2.05) is 0 Å². The molecule has 0 aliphatic heterocycles. The second-order valence-electron chi connectivity index (χ2n) is 6.65. The second kappa shape index (κ2) is 10.2. The first-order valence-corrected chi connectivity index (χ1v) is 9.22. The van der Waals surface area contributed by atoms with Gasteiger partial charge in [0.05, 0.1) is 43.3 Å². The Morgan fingerprint density at radius 2 is 1.73 bits per heavy atom. The van der Waals surface area contributed by atoms with Crippen molar-refractivity contribution in [3.63, 3.8) is 0 Å². The normalized spacial score (nSPS) is 11.5. The van der Waals surface area contributed by atoms with E-state index in [0.29, 0.717) is 11.5 Å². The number of methoxy groups -OCH3 is 2. The van der Waals surface area contributed by atoms with Gasteiger partial charge in [-0.3, -0.25) is 19.7 Å². The molecule has 9 nitrogen and oxygen atoms in total. The van der Waals surface area contributed by atoms with Crippen LogP contribution in [-0.2, 0) is 9.53 Å². The number of hydrogen-bond acceptors (Lipinski definition) is 7. The van der Waals surface area contributed by atoms with Gasteiger partial charge in [0.1, 0.15) is 0 Å². The third kappa shape index (κ3) is 5.69. The van der Waals surface area contributed by atoms with Gasteiger partial charge in [0.25, 0.3) is 11.6 Å². The number of esters is 1. The Bertz CT molecular complexity index is 927. The third-order valence-electron chi connectivity index (χ3n) is 4.20. The van der Waals surface area contributed by atoms with E-state index in [1.54, 1.807) is 26.0 Å². The van der Waals surface area contributed by atoms with Crippen molar-refractivity contribution in [2.24, 2.45) is 0 Å². The second-order valence-corrected chi connectivity index (χ2v) is 6.65. The number of benzene rings is 2. The molecule has 1 amide bonds. The van der Waals surface area contributed by atoms with Crippen molar-refractivity contribution in [2.75, 3.05) is 14.2 Å². The predicted molar refractivity (Wildman–Crippen MR) is 109 cm³/mol. The van der Waals surface area contributed by atoms with Gasteiger partial charge < -0.3 is 19.5 Å². The maximum Gasteiger partial charge on any atom is 0.308 e. The van der Waals surface area contributed by atoms with Crippen LogP contribution >= 0.6 is 0 Å². The van der Waals surface area contributed by atoms with Gasteiger partial charge in [-0.1, -0.05) is 18.2 Å². The lowest BCUT2D eigenvalue weighted by molar-refractivity contribution is -0.385. The summed E-state index contributed by atoms with van der Waals surface area (Å²) in [5, 5.41) is 14.1. The molecule has 0 saturated carbocycles. The van der Waals surface area contributed by atoms with Crippen molar-refractivity contribution >= 4 is 17.6 Å². The van der Waals surface area contributed by atoms with Gasteiger partial charge >= 0.3 is 5.97 Å². The molecule has 160 valence electrons. The molecule has 0 aliphatic carbocycles. The number of ether oxygens (including phenoxy) is 3. The number of carbonyl (C=O) groups is 2. The fraction of sp³-hybridized carbons (Fsp3) is 0.333. The summed E-state index contributed by atoms with van der Waals surface area (Å²) in [5.74, 6) is -0.311. The monoisotopic (exact) mass is 416 g/mol. The molecule has 1 unspecified atom stereocenters. The molecule has 0 aliphatic rings. The molecule has 0 radical (unpaired) electrons. The summed E-state index contributed by atoms with van der Waals surface area (Å²) < 4.78 is 15.5. The Labute approximate surface area is 174 Å². The minimum absolute atomic E-state index is 0.201. The van der Waals surface area contributed by atoms with Crippen molar-refractivity contribution in [1.29, 1.82) is 0 Å². The lowest BCUT2D eigenvalue weighted by Gasteiger charge is -2.20. The van der Waals surface area contributed by atoms with Crippen molar-refractivity contribution in [3.8, 4) is 11.5 Å². The zero-order valence-electron chi connectivity index (χ0n) is 17.2. The Hall–Kier alpha value is -3.62. The zero-order valence-corrected chi connectivity index (χ0v) is 17.2. The maximum atomic E-state index is 12.9. The van der Waals surface area contributed by atoms with Crippen LogP contribution in [0.25, 0.3) is 0 Å². The molecule has 0 heterocycles. The smallest absolute Gasteiger partial charge is 0.308 e. The van der Waals surface area contributed by atoms with Crippen LogP contribution in [0, 0.1) is 10.1 Å². The van der Waals surface area contributed by atoms with Gasteiger partial charge in [-0.05, 0) is 32.0 Å². The van der Waals surface area contributed by atoms with Crippen LogP contribution in [0.2, 0.25) is 0 Å². The standard InChI is InChI=1S/C21H24N2O7/c1-13(2)30-20(24)12-16(15-7-5-6-8-17(15)23(26)27)22-21(25)14-9-10-18(28-3)19(11-14)29-4/h5-11,13,16H,12H2,1-4H3,(H,22,25). The number of para-hydroxylation sites is 1. The highest BCUT2D eigenvalue weighted by molar-refractivity contribution is 5.95. The first kappa shape index (κ1) is 22.7. The van der Waals surface area contributed by atoms with E-state index < -0.39 is 22.8 Å². The highest BCUT2D eigenvalue weighted by atomic mass is 16.6. The summed E-state index contributed by atoms with van der Waals surface area (Å²) >= 11 is 0. The SMILES string of the molecule is COc1ccc(C(=O)NC(CC(=O)OC(C)C)c2ccccc2[N+](=O)[O-])cc1OC. The first-order chi connectivity index (χ1) is 14.3. The molecule has 2 aromatic rings. The van der Waals surface area contributed by atoms with E-state index >= 15 is 0 Å². The summed E-state index contributed by atoms with van der Waals surface area (Å²) in [7, 11) is 2.92. The van der Waals surface area contributed by atoms with Gasteiger partial charge in [0, 0.05) is 11.6 Å². The van der Waals surface area contributed by atoms with Gasteiger partial charge in [-0.2, -0.15) is 0 Å². The van der Waals surface area contributed by atoms with Crippen molar-refractivity contribution < 1.29 is 28.7 Å². The molecular weight excluding hydrogens is 392 g/mol. The fourth-order valence-corrected chi connectivity index (χ4v) is 2.88. The molecular formula is C21H24N2O7. The van der Waals surface area contributed by atoms with Crippen LogP contribution in [0.15, 0.2) is 42.5 Å². The number of nitro groups is 1. The van der Waals surface area contributed by atoms with Gasteiger partial charge in [0.15, 0.2) is 11.5 Å². The third-order valence-corrected chi connectivity index (χ3v) is 4.20. The summed E-state index contributed by atoms with van der Waals surface area (Å²) in [6, 6.07) is 9.56. The molecule has 0 saturated heterocycles. The molecule has 30 heavy (non-hydrogen) atoms. The predicted octanol–water partition coefficient (Wildman–Crippen LogP) is 3.42. The highest BCUT2D eigenvalue weighted by Crippen LogP contribution is 2.30. The quantitative estimate of drug-likeness (QED) is 0.378. The van der Waals surface area contributed by atoms with Gasteiger partial charge in [-0.25, -0.2) is 0 Å². The van der Waals surface area contributed by atoms with Crippen LogP contribution in [-0.4, -0.2) is 37.1 Å². The molecule has 9 heteroatoms. The lowest BCUT2D eigenvalue weighted by Crippen LogP contribution is -2.31. The number of nitro benzene ring substituents is 1. The summed E-state index contributed by atoms with van der Waals surface area (Å²) in [6.45, 7) is 3.39. The number of amides is 1. The Morgan fingerprint density at radius 1 is 1.07 bits per heavy atom. The van der Waals surface area contributed by atoms with E-state index in [9.17, 15) is 19.7 Å². The van der Waals surface area contributed by atoms with Gasteiger partial charge in [-0.15, -0.1) is 0 Å². The molecule has 1 atom stereocenters. The number of nitrogens with one attached hydrogen (secondary N) is 1. The van der Waals surface area contributed by atoms with Crippen LogP contribution in [0.4, 0.5) is 5.69 Å². The minimum Gasteiger partial charge on any atom is -0.493 e. The molecule has 2 rings (SSSR count). The number of carbonyl (C=O) groups excluding carboxylic acids is 2. The number of rotatable bonds is 9. The Balaban J connectivity index is 2.37. The van der Waals surface area contributed by atoms with Gasteiger partial charge in [0.2, 0.25) is 0 Å². The summed E-state index contributed by atoms with van der Waals surface area (Å²) in [5.41, 5.74) is 0.248. The maximum absolute atomic E-state index is 12.9. The van der Waals surface area contributed by atoms with Crippen LogP contribution in [0.1, 0.15) is 42.2 Å². The van der Waals surface area contributed by atoms with E-state index in [4.69, 9.17) is 14.2 Å². The van der Waals surface area contributed by atoms with E-state index in [2.05, 4.69) is 5.32 Å². The minimum atomic E-state index is -0.960. The molecule has 2 aromatic carbocycles. The number of hydrogen-bond donors (Lipinski definition) is 1. The molecule has 0 spiro atoms. The summed E-state index contributed by atoms with van der Waals surface area (Å²) in [4.78, 5) is 36.0. The molecule has 1 N–H and O–H groups in total. The van der Waals surface area contributed by atoms with E-state index in [-0.39, 0.29) is 29.3 Å². The van der Waals surface area contributed by atoms with Crippen molar-refractivity contribution in [2.45, 2.75) is 32.4 Å². The Kier molecular flexibility index (Phi) is 7.74. The van der Waals surface area contributed by atoms with Crippen LogP contribution in [0.3, 0.4) is 0 Å². The summed E-state index contributed by atoms with van der Waals surface area (Å²) in [6.07, 6.45) is -0.618. The van der Waals surface area contributed by atoms with E-state index in [0.717, 1.165) is 0 Å². The molecule has 0 aromatic heterocycles. The average Bonchev–Trinajstić information content (AvgIpc) is 2.71. The van der Waals surface area contributed by atoms with Crippen molar-refractivity contribution in [1.82, 2.24) is 5.32 Å². The van der Waals surface area contributed by atoms with Crippen LogP contribution < -0.4 is 14.8 Å². The van der Waals surface area contributed by atoms with E-state index in [1.165, 1.54) is 44.6 Å². The zero-order chi connectivity index (χ0) is 22.3. The fourth-order valence-electron chi connectivity index (χ4n) is 2.88. The van der Waals surface area contributed by atoms with Crippen LogP contribution in [0.5, 0.6) is 11.5 Å². The first-order valence-electron chi connectivity index (χ1n) is 9.22. The molecule has 0 bridgehead atoms. The van der Waals surface area contributed by atoms with Crippen molar-refractivity contribution in [3.05, 3.63) is 63.7 Å². The topological polar surface area (TPSA) is 117 Å².